The van der Waals surface area contributed by atoms with Crippen LogP contribution in [0.25, 0.3) is 0 Å². The van der Waals surface area contributed by atoms with Gasteiger partial charge in [-0.2, -0.15) is 0 Å². The number of carbonyl (C=O) groups is 1. The average molecular weight is 288 g/mol. The van der Waals surface area contributed by atoms with E-state index in [0.29, 0.717) is 10.2 Å². The lowest BCUT2D eigenvalue weighted by Crippen LogP contribution is -2.27. The molecule has 0 aliphatic heterocycles. The van der Waals surface area contributed by atoms with E-state index in [2.05, 4.69) is 21.2 Å². The molecule has 7 heteroatoms. The summed E-state index contributed by atoms with van der Waals surface area (Å²) in [6, 6.07) is 3.82. The number of nitrogens with zero attached hydrogens (tertiary/aromatic N) is 2. The number of amides is 2. The highest BCUT2D eigenvalue weighted by Crippen LogP contribution is 2.27. The van der Waals surface area contributed by atoms with E-state index in [1.165, 1.54) is 23.1 Å². The van der Waals surface area contributed by atoms with E-state index in [1.807, 2.05) is 0 Å². The molecule has 0 atom stereocenters. The van der Waals surface area contributed by atoms with Crippen molar-refractivity contribution in [2.24, 2.45) is 0 Å². The number of nitro benzene ring substituents is 1. The average Bonchev–Trinajstić information content (AvgIpc) is 2.20. The first-order chi connectivity index (χ1) is 7.41. The highest BCUT2D eigenvalue weighted by molar-refractivity contribution is 9.10. The van der Waals surface area contributed by atoms with Gasteiger partial charge < -0.3 is 10.2 Å². The number of benzene rings is 1. The fourth-order valence-electron chi connectivity index (χ4n) is 0.950. The Kier molecular flexibility index (Phi) is 3.83. The molecule has 1 aromatic carbocycles. The predicted molar refractivity (Wildman–Crippen MR) is 63.5 cm³/mol. The second-order valence-corrected chi connectivity index (χ2v) is 4.10. The van der Waals surface area contributed by atoms with Crippen LogP contribution >= 0.6 is 15.9 Å². The van der Waals surface area contributed by atoms with Crippen LogP contribution in [0.5, 0.6) is 0 Å². The van der Waals surface area contributed by atoms with Crippen molar-refractivity contribution in [3.05, 3.63) is 32.8 Å². The fraction of sp³-hybridized carbons (Fsp3) is 0.222. The van der Waals surface area contributed by atoms with Gasteiger partial charge in [-0.3, -0.25) is 10.1 Å². The minimum atomic E-state index is -0.516. The van der Waals surface area contributed by atoms with Crippen molar-refractivity contribution in [1.82, 2.24) is 4.90 Å². The molecule has 0 aliphatic rings. The molecule has 0 spiro atoms. The molecule has 0 radical (unpaired) electrons. The third kappa shape index (κ3) is 2.93. The molecule has 0 saturated carbocycles. The van der Waals surface area contributed by atoms with Crippen LogP contribution < -0.4 is 5.32 Å². The van der Waals surface area contributed by atoms with Crippen LogP contribution in [0.2, 0.25) is 0 Å². The Hall–Kier alpha value is -1.63. The van der Waals surface area contributed by atoms with Crippen LogP contribution in [0.15, 0.2) is 22.7 Å². The van der Waals surface area contributed by atoms with Crippen LogP contribution in [0.1, 0.15) is 0 Å². The topological polar surface area (TPSA) is 75.5 Å². The Balaban J connectivity index is 2.99. The largest absolute Gasteiger partial charge is 0.331 e. The van der Waals surface area contributed by atoms with Gasteiger partial charge in [0.15, 0.2) is 0 Å². The van der Waals surface area contributed by atoms with Crippen molar-refractivity contribution in [1.29, 1.82) is 0 Å². The first-order valence-corrected chi connectivity index (χ1v) is 5.13. The number of halogens is 1. The molecule has 16 heavy (non-hydrogen) atoms. The number of nitrogens with one attached hydrogen (secondary N) is 1. The summed E-state index contributed by atoms with van der Waals surface area (Å²) >= 11 is 3.20. The summed E-state index contributed by atoms with van der Waals surface area (Å²) in [7, 11) is 3.17. The number of rotatable bonds is 2. The minimum absolute atomic E-state index is 0.0720. The first-order valence-electron chi connectivity index (χ1n) is 4.34. The summed E-state index contributed by atoms with van der Waals surface area (Å²) in [5.41, 5.74) is 0.296. The SMILES string of the molecule is CN(C)C(=O)Nc1cc([N+](=O)[O-])ccc1Br. The molecule has 1 rings (SSSR count). The molecule has 86 valence electrons. The van der Waals surface area contributed by atoms with E-state index in [-0.39, 0.29) is 11.7 Å². The van der Waals surface area contributed by atoms with Gasteiger partial charge in [0.25, 0.3) is 5.69 Å². The number of non-ortho nitro benzene ring substituents is 1. The molecule has 0 bridgehead atoms. The molecule has 0 aliphatic carbocycles. The van der Waals surface area contributed by atoms with Crippen LogP contribution in [-0.2, 0) is 0 Å². The maximum absolute atomic E-state index is 11.4. The number of carbonyl (C=O) groups excluding carboxylic acids is 1. The quantitative estimate of drug-likeness (QED) is 0.671. The third-order valence-electron chi connectivity index (χ3n) is 1.81. The Morgan fingerprint density at radius 2 is 2.12 bits per heavy atom. The summed E-state index contributed by atoms with van der Waals surface area (Å²) in [4.78, 5) is 22.7. The summed E-state index contributed by atoms with van der Waals surface area (Å²) < 4.78 is 0.591. The van der Waals surface area contributed by atoms with Crippen molar-refractivity contribution in [2.45, 2.75) is 0 Å². The number of hydrogen-bond acceptors (Lipinski definition) is 3. The van der Waals surface area contributed by atoms with Crippen LogP contribution in [0, 0.1) is 10.1 Å². The van der Waals surface area contributed by atoms with Gasteiger partial charge in [0.05, 0.1) is 10.6 Å². The van der Waals surface area contributed by atoms with Crippen LogP contribution in [0.3, 0.4) is 0 Å². The zero-order chi connectivity index (χ0) is 12.3. The van der Waals surface area contributed by atoms with E-state index in [0.717, 1.165) is 0 Å². The maximum atomic E-state index is 11.4. The molecule has 6 nitrogen and oxygen atoms in total. The van der Waals surface area contributed by atoms with E-state index in [9.17, 15) is 14.9 Å². The maximum Gasteiger partial charge on any atom is 0.321 e. The van der Waals surface area contributed by atoms with Gasteiger partial charge >= 0.3 is 6.03 Å². The first kappa shape index (κ1) is 12.4. The Labute approximate surface area is 101 Å². The van der Waals surface area contributed by atoms with Crippen LogP contribution in [-0.4, -0.2) is 29.9 Å². The van der Waals surface area contributed by atoms with Crippen LogP contribution in [0.4, 0.5) is 16.2 Å². The van der Waals surface area contributed by atoms with E-state index < -0.39 is 4.92 Å². The second-order valence-electron chi connectivity index (χ2n) is 3.25. The molecular weight excluding hydrogens is 278 g/mol. The predicted octanol–water partition coefficient (Wildman–Crippen LogP) is 2.45. The molecule has 2 amide bonds. The van der Waals surface area contributed by atoms with Gasteiger partial charge in [0.1, 0.15) is 0 Å². The van der Waals surface area contributed by atoms with Gasteiger partial charge in [-0.05, 0) is 22.0 Å². The summed E-state index contributed by atoms with van der Waals surface area (Å²) in [6.07, 6.45) is 0. The molecule has 0 fully saturated rings. The van der Waals surface area contributed by atoms with Crippen molar-refractivity contribution < 1.29 is 9.72 Å². The Morgan fingerprint density at radius 3 is 2.62 bits per heavy atom. The number of hydrogen-bond donors (Lipinski definition) is 1. The summed E-state index contributed by atoms with van der Waals surface area (Å²) in [5, 5.41) is 13.1. The molecule has 0 unspecified atom stereocenters. The van der Waals surface area contributed by atoms with Gasteiger partial charge in [0.2, 0.25) is 0 Å². The number of anilines is 1. The normalized spacial score (nSPS) is 9.69. The minimum Gasteiger partial charge on any atom is -0.331 e. The summed E-state index contributed by atoms with van der Waals surface area (Å²) in [6.45, 7) is 0. The molecule has 1 N–H and O–H groups in total. The van der Waals surface area contributed by atoms with Crippen molar-refractivity contribution in [3.8, 4) is 0 Å². The lowest BCUT2D eigenvalue weighted by atomic mass is 10.3. The van der Waals surface area contributed by atoms with Crippen molar-refractivity contribution in [2.75, 3.05) is 19.4 Å². The third-order valence-corrected chi connectivity index (χ3v) is 2.50. The van der Waals surface area contributed by atoms with Gasteiger partial charge in [-0.15, -0.1) is 0 Å². The van der Waals surface area contributed by atoms with Crippen molar-refractivity contribution in [3.63, 3.8) is 0 Å². The zero-order valence-corrected chi connectivity index (χ0v) is 10.3. The molecule has 0 aromatic heterocycles. The molecule has 1 aromatic rings. The molecule has 0 heterocycles. The van der Waals surface area contributed by atoms with E-state index >= 15 is 0 Å². The second kappa shape index (κ2) is 4.93. The zero-order valence-electron chi connectivity index (χ0n) is 8.73. The smallest absolute Gasteiger partial charge is 0.321 e. The number of nitro groups is 1. The standard InChI is InChI=1S/C9H10BrN3O3/c1-12(2)9(14)11-8-5-6(13(15)16)3-4-7(8)10/h3-5H,1-2H3,(H,11,14). The summed E-state index contributed by atoms with van der Waals surface area (Å²) in [5.74, 6) is 0. The Morgan fingerprint density at radius 1 is 1.50 bits per heavy atom. The number of urea groups is 1. The Bertz CT molecular complexity index is 434. The van der Waals surface area contributed by atoms with E-state index in [4.69, 9.17) is 0 Å². The van der Waals surface area contributed by atoms with Gasteiger partial charge in [0, 0.05) is 30.7 Å². The lowest BCUT2D eigenvalue weighted by molar-refractivity contribution is -0.384. The molecule has 0 saturated heterocycles. The van der Waals surface area contributed by atoms with Gasteiger partial charge in [-0.25, -0.2) is 4.79 Å². The molecular formula is C9H10BrN3O3. The van der Waals surface area contributed by atoms with E-state index in [1.54, 1.807) is 14.1 Å². The monoisotopic (exact) mass is 287 g/mol. The lowest BCUT2D eigenvalue weighted by Gasteiger charge is -2.12. The highest BCUT2D eigenvalue weighted by Gasteiger charge is 2.12. The fourth-order valence-corrected chi connectivity index (χ4v) is 1.30. The van der Waals surface area contributed by atoms with Crippen molar-refractivity contribution >= 4 is 33.3 Å². The van der Waals surface area contributed by atoms with Gasteiger partial charge in [-0.1, -0.05) is 0 Å². The highest BCUT2D eigenvalue weighted by atomic mass is 79.9.